The van der Waals surface area contributed by atoms with Crippen molar-refractivity contribution in [1.29, 1.82) is 0 Å². The zero-order valence-electron chi connectivity index (χ0n) is 4.70. The summed E-state index contributed by atoms with van der Waals surface area (Å²) >= 11 is 1.47. The van der Waals surface area contributed by atoms with E-state index in [1.54, 1.807) is 0 Å². The smallest absolute Gasteiger partial charge is 0.136 e. The predicted octanol–water partition coefficient (Wildman–Crippen LogP) is 1.64. The molecule has 0 aliphatic rings. The second-order valence-corrected chi connectivity index (χ2v) is 2.75. The molecule has 0 spiro atoms. The van der Waals surface area contributed by atoms with Crippen LogP contribution in [-0.2, 0) is 0 Å². The second-order valence-electron chi connectivity index (χ2n) is 1.67. The van der Waals surface area contributed by atoms with Crippen molar-refractivity contribution in [3.63, 3.8) is 0 Å². The van der Waals surface area contributed by atoms with Gasteiger partial charge in [-0.25, -0.2) is 8.78 Å². The van der Waals surface area contributed by atoms with Gasteiger partial charge >= 0.3 is 0 Å². The van der Waals surface area contributed by atoms with E-state index in [0.717, 1.165) is 12.1 Å². The summed E-state index contributed by atoms with van der Waals surface area (Å²) in [6.07, 6.45) is 0. The monoisotopic (exact) mass is 255 g/mol. The van der Waals surface area contributed by atoms with Crippen LogP contribution in [0.15, 0.2) is 12.1 Å². The summed E-state index contributed by atoms with van der Waals surface area (Å²) in [6, 6.07) is 1.75. The molecule has 0 atom stereocenters. The van der Waals surface area contributed by atoms with Crippen molar-refractivity contribution in [2.24, 2.45) is 0 Å². The molecule has 1 aromatic carbocycles. The van der Waals surface area contributed by atoms with E-state index in [-0.39, 0.29) is 3.57 Å². The summed E-state index contributed by atoms with van der Waals surface area (Å²) in [4.78, 5) is 0. The van der Waals surface area contributed by atoms with Crippen LogP contribution in [0.4, 0.5) is 8.78 Å². The summed E-state index contributed by atoms with van der Waals surface area (Å²) in [5.74, 6) is -2.46. The number of rotatable bonds is 0. The van der Waals surface area contributed by atoms with Crippen molar-refractivity contribution in [1.82, 2.24) is 0 Å². The lowest BCUT2D eigenvalue weighted by molar-refractivity contribution is -0.274. The minimum atomic E-state index is -0.911. The Morgan fingerprint density at radius 1 is 1.20 bits per heavy atom. The fourth-order valence-electron chi connectivity index (χ4n) is 0.508. The Hall–Kier alpha value is -0.390. The zero-order valence-corrected chi connectivity index (χ0v) is 6.85. The van der Waals surface area contributed by atoms with Crippen LogP contribution < -0.4 is 5.11 Å². The van der Waals surface area contributed by atoms with Gasteiger partial charge in [0.1, 0.15) is 11.6 Å². The predicted molar refractivity (Wildman–Crippen MR) is 38.5 cm³/mol. The van der Waals surface area contributed by atoms with Crippen molar-refractivity contribution in [2.45, 2.75) is 0 Å². The van der Waals surface area contributed by atoms with Crippen LogP contribution in [0.3, 0.4) is 0 Å². The minimum absolute atomic E-state index is 0.197. The highest BCUT2D eigenvalue weighted by Crippen LogP contribution is 2.22. The van der Waals surface area contributed by atoms with Crippen LogP contribution in [0.5, 0.6) is 5.75 Å². The van der Waals surface area contributed by atoms with Gasteiger partial charge in [-0.15, -0.1) is 0 Å². The first-order valence-electron chi connectivity index (χ1n) is 2.43. The highest BCUT2D eigenvalue weighted by molar-refractivity contribution is 14.1. The number of halogens is 3. The number of hydrogen-bond donors (Lipinski definition) is 0. The Morgan fingerprint density at radius 2 is 1.70 bits per heavy atom. The molecule has 0 unspecified atom stereocenters. The summed E-state index contributed by atoms with van der Waals surface area (Å²) in [5, 5.41) is 10.6. The highest BCUT2D eigenvalue weighted by Gasteiger charge is 2.01. The van der Waals surface area contributed by atoms with E-state index in [0.29, 0.717) is 0 Å². The van der Waals surface area contributed by atoms with Crippen LogP contribution >= 0.6 is 22.6 Å². The van der Waals surface area contributed by atoms with Gasteiger partial charge in [0.2, 0.25) is 0 Å². The Labute approximate surface area is 69.8 Å². The summed E-state index contributed by atoms with van der Waals surface area (Å²) in [6.45, 7) is 0. The van der Waals surface area contributed by atoms with Gasteiger partial charge in [-0.05, 0) is 34.7 Å². The molecule has 0 fully saturated rings. The van der Waals surface area contributed by atoms with Crippen LogP contribution in [0.1, 0.15) is 0 Å². The van der Waals surface area contributed by atoms with Gasteiger partial charge in [0.05, 0.1) is 0 Å². The van der Waals surface area contributed by atoms with Gasteiger partial charge in [0, 0.05) is 3.57 Å². The van der Waals surface area contributed by atoms with Gasteiger partial charge in [0.25, 0.3) is 0 Å². The number of benzene rings is 1. The minimum Gasteiger partial charge on any atom is -0.870 e. The third kappa shape index (κ3) is 1.21. The molecule has 1 rings (SSSR count). The molecule has 0 heterocycles. The van der Waals surface area contributed by atoms with Crippen LogP contribution in [0.25, 0.3) is 0 Å². The van der Waals surface area contributed by atoms with E-state index in [9.17, 15) is 13.9 Å². The number of hydrogen-bond acceptors (Lipinski definition) is 1. The Bertz CT molecular complexity index is 235. The first-order valence-corrected chi connectivity index (χ1v) is 3.51. The molecular weight excluding hydrogens is 253 g/mol. The standard InChI is InChI=1S/C6H3F2IO/c7-3-1-2-4(8)6(10)5(3)9/h1-2,10H/p-1. The SMILES string of the molecule is [O-]c1c(F)ccc(F)c1I. The van der Waals surface area contributed by atoms with Gasteiger partial charge in [-0.3, -0.25) is 0 Å². The van der Waals surface area contributed by atoms with E-state index in [1.165, 1.54) is 22.6 Å². The average molecular weight is 255 g/mol. The lowest BCUT2D eigenvalue weighted by Gasteiger charge is -2.09. The van der Waals surface area contributed by atoms with Crippen molar-refractivity contribution < 1.29 is 13.9 Å². The molecule has 0 aliphatic carbocycles. The molecule has 0 radical (unpaired) electrons. The highest BCUT2D eigenvalue weighted by atomic mass is 127. The summed E-state index contributed by atoms with van der Waals surface area (Å²) in [7, 11) is 0. The molecule has 0 aliphatic heterocycles. The zero-order chi connectivity index (χ0) is 7.72. The molecule has 0 N–H and O–H groups in total. The van der Waals surface area contributed by atoms with E-state index in [1.807, 2.05) is 0 Å². The Morgan fingerprint density at radius 3 is 2.20 bits per heavy atom. The van der Waals surface area contributed by atoms with E-state index in [4.69, 9.17) is 0 Å². The van der Waals surface area contributed by atoms with Crippen molar-refractivity contribution >= 4 is 22.6 Å². The van der Waals surface area contributed by atoms with Crippen molar-refractivity contribution in [3.05, 3.63) is 27.3 Å². The molecular formula is C6H2F2IO-. The third-order valence-corrected chi connectivity index (χ3v) is 2.01. The lowest BCUT2D eigenvalue weighted by atomic mass is 10.3. The molecule has 1 nitrogen and oxygen atoms in total. The second kappa shape index (κ2) is 2.69. The van der Waals surface area contributed by atoms with Gasteiger partial charge in [0.15, 0.2) is 0 Å². The fourth-order valence-corrected chi connectivity index (χ4v) is 0.946. The van der Waals surface area contributed by atoms with Crippen LogP contribution in [0, 0.1) is 15.2 Å². The third-order valence-electron chi connectivity index (χ3n) is 1.00. The molecule has 0 bridgehead atoms. The molecule has 0 amide bonds. The van der Waals surface area contributed by atoms with Crippen LogP contribution in [0.2, 0.25) is 0 Å². The average Bonchev–Trinajstić information content (AvgIpc) is 1.93. The normalized spacial score (nSPS) is 9.90. The van der Waals surface area contributed by atoms with E-state index < -0.39 is 17.4 Å². The largest absolute Gasteiger partial charge is 0.870 e. The van der Waals surface area contributed by atoms with Crippen molar-refractivity contribution in [2.75, 3.05) is 0 Å². The fraction of sp³-hybridized carbons (Fsp3) is 0. The topological polar surface area (TPSA) is 23.1 Å². The first kappa shape index (κ1) is 7.71. The molecule has 0 aromatic heterocycles. The van der Waals surface area contributed by atoms with Crippen LogP contribution in [-0.4, -0.2) is 0 Å². The maximum atomic E-state index is 12.4. The molecule has 0 saturated heterocycles. The van der Waals surface area contributed by atoms with Crippen molar-refractivity contribution in [3.8, 4) is 5.75 Å². The van der Waals surface area contributed by atoms with Gasteiger partial charge in [-0.1, -0.05) is 5.75 Å². The summed E-state index contributed by atoms with van der Waals surface area (Å²) in [5.41, 5.74) is 0. The molecule has 0 saturated carbocycles. The summed E-state index contributed by atoms with van der Waals surface area (Å²) < 4.78 is 24.5. The first-order chi connectivity index (χ1) is 4.63. The van der Waals surface area contributed by atoms with E-state index >= 15 is 0 Å². The maximum absolute atomic E-state index is 12.4. The molecule has 4 heteroatoms. The van der Waals surface area contributed by atoms with Gasteiger partial charge in [-0.2, -0.15) is 0 Å². The Balaban J connectivity index is 3.34. The lowest BCUT2D eigenvalue weighted by Crippen LogP contribution is -1.99. The molecule has 10 heavy (non-hydrogen) atoms. The van der Waals surface area contributed by atoms with Gasteiger partial charge < -0.3 is 5.11 Å². The molecule has 1 aromatic rings. The molecule has 54 valence electrons. The maximum Gasteiger partial charge on any atom is 0.136 e. The Kier molecular flexibility index (Phi) is 2.08. The quantitative estimate of drug-likeness (QED) is 0.510. The van der Waals surface area contributed by atoms with E-state index in [2.05, 4.69) is 0 Å².